The molecule has 0 radical (unpaired) electrons. The predicted molar refractivity (Wildman–Crippen MR) is 60.6 cm³/mol. The van der Waals surface area contributed by atoms with Crippen LogP contribution in [0.2, 0.25) is 0 Å². The fourth-order valence-corrected chi connectivity index (χ4v) is 1.87. The molecule has 4 nitrogen and oxygen atoms in total. The molecule has 92 valence electrons. The van der Waals surface area contributed by atoms with E-state index in [0.29, 0.717) is 12.8 Å². The Hall–Kier alpha value is -0.900. The number of imide groups is 1. The van der Waals surface area contributed by atoms with E-state index in [4.69, 9.17) is 0 Å². The van der Waals surface area contributed by atoms with Crippen molar-refractivity contribution in [3.8, 4) is 0 Å². The maximum absolute atomic E-state index is 11.7. The third-order valence-electron chi connectivity index (χ3n) is 3.32. The second kappa shape index (κ2) is 5.43. The van der Waals surface area contributed by atoms with Crippen molar-refractivity contribution < 1.29 is 14.7 Å². The lowest BCUT2D eigenvalue weighted by Crippen LogP contribution is -2.47. The predicted octanol–water partition coefficient (Wildman–Crippen LogP) is 1.18. The highest BCUT2D eigenvalue weighted by Crippen LogP contribution is 2.20. The molecular weight excluding hydrogens is 206 g/mol. The summed E-state index contributed by atoms with van der Waals surface area (Å²) in [6.45, 7) is 5.96. The number of rotatable bonds is 4. The zero-order valence-corrected chi connectivity index (χ0v) is 10.3. The number of hydrogen-bond donors (Lipinski definition) is 1. The number of piperidine rings is 1. The van der Waals surface area contributed by atoms with Gasteiger partial charge in [0, 0.05) is 12.8 Å². The molecule has 0 spiro atoms. The van der Waals surface area contributed by atoms with Gasteiger partial charge in [0.05, 0.1) is 12.6 Å². The van der Waals surface area contributed by atoms with Crippen LogP contribution in [0, 0.1) is 11.8 Å². The Morgan fingerprint density at radius 3 is 2.31 bits per heavy atom. The molecule has 0 bridgehead atoms. The van der Waals surface area contributed by atoms with E-state index in [1.54, 1.807) is 0 Å². The van der Waals surface area contributed by atoms with Crippen molar-refractivity contribution in [1.29, 1.82) is 0 Å². The maximum Gasteiger partial charge on any atom is 0.229 e. The van der Waals surface area contributed by atoms with Crippen LogP contribution in [-0.4, -0.2) is 34.5 Å². The molecule has 16 heavy (non-hydrogen) atoms. The minimum absolute atomic E-state index is 0.111. The number of likely N-dealkylation sites (tertiary alicyclic amines) is 1. The van der Waals surface area contributed by atoms with Crippen LogP contribution in [0.3, 0.4) is 0 Å². The minimum atomic E-state index is -0.605. The number of β-amino-alcohol motifs (C(OH)–C–C–N with tert-alkyl or cyclic N) is 1. The largest absolute Gasteiger partial charge is 0.391 e. The van der Waals surface area contributed by atoms with Crippen LogP contribution in [-0.2, 0) is 9.59 Å². The zero-order valence-electron chi connectivity index (χ0n) is 10.3. The topological polar surface area (TPSA) is 57.6 Å². The molecule has 4 heteroatoms. The highest BCUT2D eigenvalue weighted by atomic mass is 16.3. The van der Waals surface area contributed by atoms with Crippen molar-refractivity contribution in [1.82, 2.24) is 4.90 Å². The quantitative estimate of drug-likeness (QED) is 0.734. The SMILES string of the molecule is CCC(C)C(O)CN1C(=O)CC(C)CC1=O. The van der Waals surface area contributed by atoms with Gasteiger partial charge in [-0.2, -0.15) is 0 Å². The molecule has 0 aliphatic carbocycles. The molecule has 1 heterocycles. The molecular formula is C12H21NO3. The van der Waals surface area contributed by atoms with Crippen LogP contribution in [0.4, 0.5) is 0 Å². The third-order valence-corrected chi connectivity index (χ3v) is 3.32. The van der Waals surface area contributed by atoms with Gasteiger partial charge in [-0.1, -0.05) is 27.2 Å². The molecule has 0 aromatic rings. The van der Waals surface area contributed by atoms with Gasteiger partial charge >= 0.3 is 0 Å². The number of amides is 2. The molecule has 2 unspecified atom stereocenters. The lowest BCUT2D eigenvalue weighted by Gasteiger charge is -2.31. The summed E-state index contributed by atoms with van der Waals surface area (Å²) in [5, 5.41) is 9.83. The van der Waals surface area contributed by atoms with E-state index < -0.39 is 6.10 Å². The Morgan fingerprint density at radius 2 is 1.88 bits per heavy atom. The summed E-state index contributed by atoms with van der Waals surface area (Å²) in [4.78, 5) is 24.5. The van der Waals surface area contributed by atoms with E-state index in [1.165, 1.54) is 4.90 Å². The first kappa shape index (κ1) is 13.2. The number of nitrogens with zero attached hydrogens (tertiary/aromatic N) is 1. The van der Waals surface area contributed by atoms with Gasteiger partial charge in [-0.3, -0.25) is 14.5 Å². The van der Waals surface area contributed by atoms with Gasteiger partial charge in [0.1, 0.15) is 0 Å². The van der Waals surface area contributed by atoms with E-state index >= 15 is 0 Å². The van der Waals surface area contributed by atoms with Gasteiger partial charge in [-0.05, 0) is 11.8 Å². The Bertz CT molecular complexity index is 259. The molecule has 1 fully saturated rings. The highest BCUT2D eigenvalue weighted by Gasteiger charge is 2.32. The van der Waals surface area contributed by atoms with Crippen LogP contribution in [0.1, 0.15) is 40.0 Å². The molecule has 1 N–H and O–H groups in total. The lowest BCUT2D eigenvalue weighted by molar-refractivity contribution is -0.151. The summed E-state index contributed by atoms with van der Waals surface area (Å²) < 4.78 is 0. The van der Waals surface area contributed by atoms with Crippen molar-refractivity contribution in [2.45, 2.75) is 46.1 Å². The van der Waals surface area contributed by atoms with Crippen LogP contribution in [0.25, 0.3) is 0 Å². The van der Waals surface area contributed by atoms with Crippen LogP contribution >= 0.6 is 0 Å². The smallest absolute Gasteiger partial charge is 0.229 e. The molecule has 2 atom stereocenters. The van der Waals surface area contributed by atoms with E-state index in [1.807, 2.05) is 20.8 Å². The Balaban J connectivity index is 2.59. The molecule has 0 aromatic carbocycles. The van der Waals surface area contributed by atoms with E-state index in [0.717, 1.165) is 6.42 Å². The van der Waals surface area contributed by atoms with Crippen LogP contribution < -0.4 is 0 Å². The monoisotopic (exact) mass is 227 g/mol. The lowest BCUT2D eigenvalue weighted by atomic mass is 9.96. The van der Waals surface area contributed by atoms with Gasteiger partial charge in [0.25, 0.3) is 0 Å². The normalized spacial score (nSPS) is 22.4. The molecule has 0 saturated carbocycles. The van der Waals surface area contributed by atoms with Crippen molar-refractivity contribution >= 4 is 11.8 Å². The maximum atomic E-state index is 11.7. The summed E-state index contributed by atoms with van der Waals surface area (Å²) in [7, 11) is 0. The summed E-state index contributed by atoms with van der Waals surface area (Å²) in [6, 6.07) is 0. The summed E-state index contributed by atoms with van der Waals surface area (Å²) >= 11 is 0. The second-order valence-electron chi connectivity index (χ2n) is 4.86. The number of aliphatic hydroxyl groups excluding tert-OH is 1. The highest BCUT2D eigenvalue weighted by molar-refractivity contribution is 5.97. The van der Waals surface area contributed by atoms with E-state index in [2.05, 4.69) is 0 Å². The number of carbonyl (C=O) groups excluding carboxylic acids is 2. The molecule has 1 saturated heterocycles. The Kier molecular flexibility index (Phi) is 4.47. The van der Waals surface area contributed by atoms with Crippen molar-refractivity contribution in [3.63, 3.8) is 0 Å². The van der Waals surface area contributed by atoms with Gasteiger partial charge in [0.2, 0.25) is 11.8 Å². The molecule has 2 amide bonds. The average Bonchev–Trinajstić information content (AvgIpc) is 2.21. The zero-order chi connectivity index (χ0) is 12.3. The van der Waals surface area contributed by atoms with Gasteiger partial charge < -0.3 is 5.11 Å². The van der Waals surface area contributed by atoms with Crippen molar-refractivity contribution in [2.75, 3.05) is 6.54 Å². The van der Waals surface area contributed by atoms with Gasteiger partial charge in [-0.25, -0.2) is 0 Å². The van der Waals surface area contributed by atoms with Crippen LogP contribution in [0.5, 0.6) is 0 Å². The number of carbonyl (C=O) groups is 2. The van der Waals surface area contributed by atoms with E-state index in [9.17, 15) is 14.7 Å². The van der Waals surface area contributed by atoms with Crippen LogP contribution in [0.15, 0.2) is 0 Å². The number of hydrogen-bond acceptors (Lipinski definition) is 3. The average molecular weight is 227 g/mol. The van der Waals surface area contributed by atoms with Gasteiger partial charge in [-0.15, -0.1) is 0 Å². The Labute approximate surface area is 96.6 Å². The summed E-state index contributed by atoms with van der Waals surface area (Å²) in [5.74, 6) is -0.0471. The van der Waals surface area contributed by atoms with Gasteiger partial charge in [0.15, 0.2) is 0 Å². The van der Waals surface area contributed by atoms with Crippen molar-refractivity contribution in [2.24, 2.45) is 11.8 Å². The molecule has 0 aromatic heterocycles. The fraction of sp³-hybridized carbons (Fsp3) is 0.833. The first-order valence-corrected chi connectivity index (χ1v) is 5.97. The summed E-state index contributed by atoms with van der Waals surface area (Å²) in [5.41, 5.74) is 0. The third kappa shape index (κ3) is 3.04. The summed E-state index contributed by atoms with van der Waals surface area (Å²) in [6.07, 6.45) is 1.07. The molecule has 1 rings (SSSR count). The van der Waals surface area contributed by atoms with Crippen molar-refractivity contribution in [3.05, 3.63) is 0 Å². The Morgan fingerprint density at radius 1 is 1.38 bits per heavy atom. The second-order valence-corrected chi connectivity index (χ2v) is 4.86. The first-order valence-electron chi connectivity index (χ1n) is 5.97. The fourth-order valence-electron chi connectivity index (χ4n) is 1.87. The first-order chi connectivity index (χ1) is 7.45. The molecule has 1 aliphatic heterocycles. The number of aliphatic hydroxyl groups is 1. The molecule has 1 aliphatic rings. The van der Waals surface area contributed by atoms with E-state index in [-0.39, 0.29) is 30.2 Å². The minimum Gasteiger partial charge on any atom is -0.391 e. The standard InChI is InChI=1S/C12H21NO3/c1-4-9(3)10(14)7-13-11(15)5-8(2)6-12(13)16/h8-10,14H,4-7H2,1-3H3.